The zero-order chi connectivity index (χ0) is 18.0. The second-order valence-electron chi connectivity index (χ2n) is 5.23. The number of benzene rings is 2. The maximum atomic E-state index is 12.2. The predicted octanol–water partition coefficient (Wildman–Crippen LogP) is 2.76. The Labute approximate surface area is 147 Å². The van der Waals surface area contributed by atoms with Crippen molar-refractivity contribution in [2.75, 3.05) is 12.1 Å². The fourth-order valence-electron chi connectivity index (χ4n) is 2.27. The number of fused-ring (bicyclic) bond motifs is 1. The van der Waals surface area contributed by atoms with E-state index >= 15 is 0 Å². The number of hydrogen-bond donors (Lipinski definition) is 2. The van der Waals surface area contributed by atoms with Crippen molar-refractivity contribution in [1.82, 2.24) is 5.32 Å². The number of aryl methyl sites for hydroxylation is 1. The van der Waals surface area contributed by atoms with E-state index in [1.54, 1.807) is 25.1 Å². The Bertz CT molecular complexity index is 884. The standard InChI is InChI=1S/C16H13N3O5S/c1-9-6-11(19(21)22)3-4-12(9)17-16(25)18-15(20)10-2-5-13-14(7-10)24-8-23-13/h2-7H,8H2,1H3,(H2,17,18,20,25). The van der Waals surface area contributed by atoms with Crippen molar-refractivity contribution in [3.63, 3.8) is 0 Å². The number of amides is 1. The van der Waals surface area contributed by atoms with Crippen LogP contribution >= 0.6 is 12.2 Å². The molecule has 9 heteroatoms. The lowest BCUT2D eigenvalue weighted by molar-refractivity contribution is -0.384. The second-order valence-corrected chi connectivity index (χ2v) is 5.64. The van der Waals surface area contributed by atoms with E-state index in [-0.39, 0.29) is 17.6 Å². The highest BCUT2D eigenvalue weighted by molar-refractivity contribution is 7.80. The van der Waals surface area contributed by atoms with Gasteiger partial charge in [-0.15, -0.1) is 0 Å². The molecule has 3 rings (SSSR count). The minimum Gasteiger partial charge on any atom is -0.454 e. The fourth-order valence-corrected chi connectivity index (χ4v) is 2.47. The van der Waals surface area contributed by atoms with Crippen LogP contribution < -0.4 is 20.1 Å². The molecule has 2 aromatic rings. The number of thiocarbonyl (C=S) groups is 1. The van der Waals surface area contributed by atoms with Gasteiger partial charge < -0.3 is 14.8 Å². The zero-order valence-corrected chi connectivity index (χ0v) is 13.9. The lowest BCUT2D eigenvalue weighted by atomic mass is 10.2. The zero-order valence-electron chi connectivity index (χ0n) is 13.1. The molecule has 0 bridgehead atoms. The van der Waals surface area contributed by atoms with Crippen molar-refractivity contribution in [2.24, 2.45) is 0 Å². The molecule has 2 N–H and O–H groups in total. The summed E-state index contributed by atoms with van der Waals surface area (Å²) in [5, 5.41) is 16.2. The quantitative estimate of drug-likeness (QED) is 0.493. The number of nitro benzene ring substituents is 1. The smallest absolute Gasteiger partial charge is 0.269 e. The van der Waals surface area contributed by atoms with Gasteiger partial charge >= 0.3 is 0 Å². The van der Waals surface area contributed by atoms with Gasteiger partial charge in [0.2, 0.25) is 6.79 Å². The molecule has 8 nitrogen and oxygen atoms in total. The molecule has 0 aromatic heterocycles. The average molecular weight is 359 g/mol. The summed E-state index contributed by atoms with van der Waals surface area (Å²) >= 11 is 5.12. The summed E-state index contributed by atoms with van der Waals surface area (Å²) in [5.41, 5.74) is 1.56. The first kappa shape index (κ1) is 16.7. The number of carbonyl (C=O) groups excluding carboxylic acids is 1. The van der Waals surface area contributed by atoms with Crippen molar-refractivity contribution in [2.45, 2.75) is 6.92 Å². The Morgan fingerprint density at radius 2 is 1.96 bits per heavy atom. The monoisotopic (exact) mass is 359 g/mol. The molecule has 2 aromatic carbocycles. The average Bonchev–Trinajstić information content (AvgIpc) is 3.04. The van der Waals surface area contributed by atoms with Crippen molar-refractivity contribution >= 4 is 34.6 Å². The van der Waals surface area contributed by atoms with Crippen molar-refractivity contribution < 1.29 is 19.2 Å². The summed E-state index contributed by atoms with van der Waals surface area (Å²) < 4.78 is 10.4. The number of nitro groups is 1. The van der Waals surface area contributed by atoms with Crippen molar-refractivity contribution in [1.29, 1.82) is 0 Å². The summed E-state index contributed by atoms with van der Waals surface area (Å²) in [5.74, 6) is 0.673. The molecule has 0 unspecified atom stereocenters. The maximum absolute atomic E-state index is 12.2. The van der Waals surface area contributed by atoms with Gasteiger partial charge in [-0.2, -0.15) is 0 Å². The first-order valence-corrected chi connectivity index (χ1v) is 7.62. The number of nitrogens with zero attached hydrogens (tertiary/aromatic N) is 1. The number of non-ortho nitro benzene ring substituents is 1. The van der Waals surface area contributed by atoms with Crippen LogP contribution in [0.25, 0.3) is 0 Å². The van der Waals surface area contributed by atoms with Gasteiger partial charge in [-0.1, -0.05) is 0 Å². The van der Waals surface area contributed by atoms with Crippen molar-refractivity contribution in [3.05, 3.63) is 57.6 Å². The van der Waals surface area contributed by atoms with Crippen LogP contribution in [-0.4, -0.2) is 22.7 Å². The van der Waals surface area contributed by atoms with Gasteiger partial charge in [-0.05, 0) is 49.0 Å². The van der Waals surface area contributed by atoms with Crippen LogP contribution in [0, 0.1) is 17.0 Å². The molecule has 0 saturated carbocycles. The molecule has 0 radical (unpaired) electrons. The summed E-state index contributed by atoms with van der Waals surface area (Å²) in [6.07, 6.45) is 0. The number of ether oxygens (including phenoxy) is 2. The van der Waals surface area contributed by atoms with E-state index in [2.05, 4.69) is 10.6 Å². The molecule has 1 amide bonds. The SMILES string of the molecule is Cc1cc([N+](=O)[O-])ccc1NC(=S)NC(=O)c1ccc2c(c1)OCO2. The molecule has 1 aliphatic heterocycles. The summed E-state index contributed by atoms with van der Waals surface area (Å²) in [6.45, 7) is 1.83. The number of nitrogens with one attached hydrogen (secondary N) is 2. The first-order chi connectivity index (χ1) is 11.9. The Morgan fingerprint density at radius 3 is 2.68 bits per heavy atom. The van der Waals surface area contributed by atoms with E-state index in [1.807, 2.05) is 0 Å². The largest absolute Gasteiger partial charge is 0.454 e. The minimum atomic E-state index is -0.476. The third kappa shape index (κ3) is 3.66. The van der Waals surface area contributed by atoms with Gasteiger partial charge in [0.25, 0.3) is 11.6 Å². The summed E-state index contributed by atoms with van der Waals surface area (Å²) in [6, 6.07) is 9.13. The van der Waals surface area contributed by atoms with Crippen LogP contribution in [0.3, 0.4) is 0 Å². The normalized spacial score (nSPS) is 11.7. The Kier molecular flexibility index (Phi) is 4.48. The van der Waals surface area contributed by atoms with Crippen LogP contribution in [0.15, 0.2) is 36.4 Å². The minimum absolute atomic E-state index is 0.0154. The Morgan fingerprint density at radius 1 is 1.20 bits per heavy atom. The second kappa shape index (κ2) is 6.73. The molecule has 1 heterocycles. The molecule has 128 valence electrons. The number of anilines is 1. The van der Waals surface area contributed by atoms with E-state index in [4.69, 9.17) is 21.7 Å². The van der Waals surface area contributed by atoms with Crippen LogP contribution in [0.1, 0.15) is 15.9 Å². The summed E-state index contributed by atoms with van der Waals surface area (Å²) in [7, 11) is 0. The maximum Gasteiger partial charge on any atom is 0.269 e. The molecule has 0 aliphatic carbocycles. The van der Waals surface area contributed by atoms with Gasteiger partial charge in [0.15, 0.2) is 16.6 Å². The fraction of sp³-hybridized carbons (Fsp3) is 0.125. The van der Waals surface area contributed by atoms with Gasteiger partial charge in [-0.3, -0.25) is 20.2 Å². The molecule has 0 fully saturated rings. The van der Waals surface area contributed by atoms with Crippen LogP contribution in [0.4, 0.5) is 11.4 Å². The van der Waals surface area contributed by atoms with E-state index in [9.17, 15) is 14.9 Å². The lowest BCUT2D eigenvalue weighted by Crippen LogP contribution is -2.34. The molecular formula is C16H13N3O5S. The molecule has 0 spiro atoms. The first-order valence-electron chi connectivity index (χ1n) is 7.21. The van der Waals surface area contributed by atoms with E-state index in [0.717, 1.165) is 0 Å². The number of carbonyl (C=O) groups is 1. The van der Waals surface area contributed by atoms with E-state index in [0.29, 0.717) is 28.3 Å². The number of hydrogen-bond acceptors (Lipinski definition) is 6. The summed E-state index contributed by atoms with van der Waals surface area (Å²) in [4.78, 5) is 22.5. The Balaban J connectivity index is 1.66. The highest BCUT2D eigenvalue weighted by atomic mass is 32.1. The van der Waals surface area contributed by atoms with Crippen LogP contribution in [0.5, 0.6) is 11.5 Å². The van der Waals surface area contributed by atoms with Crippen LogP contribution in [-0.2, 0) is 0 Å². The topological polar surface area (TPSA) is 103 Å². The third-order valence-electron chi connectivity index (χ3n) is 3.53. The van der Waals surface area contributed by atoms with Crippen molar-refractivity contribution in [3.8, 4) is 11.5 Å². The van der Waals surface area contributed by atoms with Gasteiger partial charge in [0, 0.05) is 23.4 Å². The van der Waals surface area contributed by atoms with Gasteiger partial charge in [-0.25, -0.2) is 0 Å². The number of rotatable bonds is 3. The molecule has 25 heavy (non-hydrogen) atoms. The highest BCUT2D eigenvalue weighted by Crippen LogP contribution is 2.32. The molecular weight excluding hydrogens is 346 g/mol. The molecule has 1 aliphatic rings. The van der Waals surface area contributed by atoms with Gasteiger partial charge in [0.1, 0.15) is 0 Å². The lowest BCUT2D eigenvalue weighted by Gasteiger charge is -2.11. The molecule has 0 atom stereocenters. The highest BCUT2D eigenvalue weighted by Gasteiger charge is 2.17. The third-order valence-corrected chi connectivity index (χ3v) is 3.73. The molecule has 0 saturated heterocycles. The van der Waals surface area contributed by atoms with Gasteiger partial charge in [0.05, 0.1) is 4.92 Å². The Hall–Kier alpha value is -3.20. The van der Waals surface area contributed by atoms with E-state index in [1.165, 1.54) is 18.2 Å². The predicted molar refractivity (Wildman–Crippen MR) is 94.1 cm³/mol. The van der Waals surface area contributed by atoms with E-state index < -0.39 is 10.8 Å². The van der Waals surface area contributed by atoms with Crippen LogP contribution in [0.2, 0.25) is 0 Å².